The van der Waals surface area contributed by atoms with Gasteiger partial charge in [0.25, 0.3) is 0 Å². The fourth-order valence-corrected chi connectivity index (χ4v) is 8.44. The van der Waals surface area contributed by atoms with Crippen molar-refractivity contribution < 1.29 is 4.74 Å². The van der Waals surface area contributed by atoms with Gasteiger partial charge in [-0.2, -0.15) is 0 Å². The van der Waals surface area contributed by atoms with E-state index in [1.54, 1.807) is 0 Å². The molecule has 5 heteroatoms. The van der Waals surface area contributed by atoms with Crippen LogP contribution in [0.3, 0.4) is 0 Å². The SMILES string of the molecule is C=C1Oc2ccccc2-c2nc(-n3c4ccccc4c4cc(-c5ccc6c(c5)c5c7ccccc7ccc5n6-c5ccccc5)ccc43)nc(/C=C\C)c21. The first-order valence-electron chi connectivity index (χ1n) is 18.2. The number of allylic oxidation sites excluding steroid dienone is 1. The third-order valence-corrected chi connectivity index (χ3v) is 10.8. The predicted molar refractivity (Wildman–Crippen MR) is 223 cm³/mol. The first-order valence-corrected chi connectivity index (χ1v) is 18.2. The lowest BCUT2D eigenvalue weighted by atomic mass is 9.99. The van der Waals surface area contributed by atoms with Gasteiger partial charge >= 0.3 is 0 Å². The van der Waals surface area contributed by atoms with Gasteiger partial charge in [-0.05, 0) is 95.6 Å². The smallest absolute Gasteiger partial charge is 0.235 e. The van der Waals surface area contributed by atoms with E-state index in [1.165, 1.54) is 32.6 Å². The Labute approximate surface area is 311 Å². The highest BCUT2D eigenvalue weighted by Gasteiger charge is 2.27. The van der Waals surface area contributed by atoms with Gasteiger partial charge < -0.3 is 9.30 Å². The molecular formula is C49H32N4O. The van der Waals surface area contributed by atoms with E-state index in [4.69, 9.17) is 14.7 Å². The Balaban J connectivity index is 1.14. The maximum absolute atomic E-state index is 6.15. The number of hydrogen-bond acceptors (Lipinski definition) is 3. The maximum Gasteiger partial charge on any atom is 0.235 e. The van der Waals surface area contributed by atoms with Crippen LogP contribution < -0.4 is 4.74 Å². The zero-order chi connectivity index (χ0) is 35.9. The molecule has 4 heterocycles. The van der Waals surface area contributed by atoms with Crippen molar-refractivity contribution in [2.45, 2.75) is 6.92 Å². The summed E-state index contributed by atoms with van der Waals surface area (Å²) in [5, 5.41) is 7.27. The quantitative estimate of drug-likeness (QED) is 0.184. The lowest BCUT2D eigenvalue weighted by molar-refractivity contribution is 0.511. The molecule has 0 fully saturated rings. The van der Waals surface area contributed by atoms with Gasteiger partial charge in [-0.15, -0.1) is 0 Å². The van der Waals surface area contributed by atoms with Crippen LogP contribution in [-0.2, 0) is 0 Å². The fourth-order valence-electron chi connectivity index (χ4n) is 8.44. The molecule has 5 nitrogen and oxygen atoms in total. The highest BCUT2D eigenvalue weighted by molar-refractivity contribution is 6.22. The second-order valence-electron chi connectivity index (χ2n) is 13.8. The molecule has 0 saturated carbocycles. The molecule has 0 saturated heterocycles. The topological polar surface area (TPSA) is 44.9 Å². The molecule has 0 aliphatic carbocycles. The number of ether oxygens (including phenoxy) is 1. The van der Waals surface area contributed by atoms with Crippen LogP contribution in [0, 0.1) is 0 Å². The number of para-hydroxylation sites is 3. The molecule has 0 atom stereocenters. The van der Waals surface area contributed by atoms with Crippen LogP contribution >= 0.6 is 0 Å². The predicted octanol–water partition coefficient (Wildman–Crippen LogP) is 12.6. The lowest BCUT2D eigenvalue weighted by Crippen LogP contribution is -2.12. The van der Waals surface area contributed by atoms with Crippen molar-refractivity contribution in [1.82, 2.24) is 19.1 Å². The highest BCUT2D eigenvalue weighted by atomic mass is 16.5. The van der Waals surface area contributed by atoms with Gasteiger partial charge in [0, 0.05) is 32.8 Å². The average Bonchev–Trinajstić information content (AvgIpc) is 3.73. The summed E-state index contributed by atoms with van der Waals surface area (Å²) < 4.78 is 10.7. The Morgan fingerprint density at radius 3 is 2.07 bits per heavy atom. The van der Waals surface area contributed by atoms with Gasteiger partial charge in [-0.3, -0.25) is 4.57 Å². The van der Waals surface area contributed by atoms with E-state index in [9.17, 15) is 0 Å². The van der Waals surface area contributed by atoms with Crippen molar-refractivity contribution >= 4 is 66.2 Å². The van der Waals surface area contributed by atoms with Gasteiger partial charge in [0.15, 0.2) is 0 Å². The molecule has 3 aromatic heterocycles. The Morgan fingerprint density at radius 1 is 0.574 bits per heavy atom. The van der Waals surface area contributed by atoms with Crippen molar-refractivity contribution in [3.8, 4) is 39.8 Å². The molecule has 11 rings (SSSR count). The fraction of sp³-hybridized carbons (Fsp3) is 0.0204. The molecule has 0 radical (unpaired) electrons. The second kappa shape index (κ2) is 11.6. The Morgan fingerprint density at radius 2 is 1.24 bits per heavy atom. The summed E-state index contributed by atoms with van der Waals surface area (Å²) in [5.41, 5.74) is 11.3. The summed E-state index contributed by atoms with van der Waals surface area (Å²) >= 11 is 0. The van der Waals surface area contributed by atoms with Crippen molar-refractivity contribution in [1.29, 1.82) is 0 Å². The third kappa shape index (κ3) is 4.39. The molecule has 0 bridgehead atoms. The molecular weight excluding hydrogens is 661 g/mol. The summed E-state index contributed by atoms with van der Waals surface area (Å²) in [4.78, 5) is 10.4. The van der Waals surface area contributed by atoms with Crippen LogP contribution in [0.4, 0.5) is 0 Å². The molecule has 0 unspecified atom stereocenters. The van der Waals surface area contributed by atoms with Crippen molar-refractivity contribution in [3.05, 3.63) is 176 Å². The summed E-state index contributed by atoms with van der Waals surface area (Å²) in [6.07, 6.45) is 4.00. The molecule has 54 heavy (non-hydrogen) atoms. The first kappa shape index (κ1) is 30.4. The molecule has 10 aromatic rings. The normalized spacial score (nSPS) is 12.6. The van der Waals surface area contributed by atoms with E-state index in [2.05, 4.69) is 143 Å². The van der Waals surface area contributed by atoms with E-state index < -0.39 is 0 Å². The minimum atomic E-state index is 0.548. The van der Waals surface area contributed by atoms with Gasteiger partial charge in [0.1, 0.15) is 11.5 Å². The van der Waals surface area contributed by atoms with Crippen LogP contribution in [-0.4, -0.2) is 19.1 Å². The molecule has 0 amide bonds. The zero-order valence-corrected chi connectivity index (χ0v) is 29.5. The number of nitrogens with zero attached hydrogens (tertiary/aromatic N) is 4. The van der Waals surface area contributed by atoms with Crippen LogP contribution in [0.2, 0.25) is 0 Å². The van der Waals surface area contributed by atoms with Crippen LogP contribution in [0.5, 0.6) is 5.75 Å². The number of hydrogen-bond donors (Lipinski definition) is 0. The van der Waals surface area contributed by atoms with Crippen LogP contribution in [0.1, 0.15) is 18.2 Å². The van der Waals surface area contributed by atoms with E-state index in [-0.39, 0.29) is 0 Å². The lowest BCUT2D eigenvalue weighted by Gasteiger charge is -2.23. The Bertz CT molecular complexity index is 3220. The van der Waals surface area contributed by atoms with Gasteiger partial charge in [-0.25, -0.2) is 9.97 Å². The summed E-state index contributed by atoms with van der Waals surface area (Å²) in [6.45, 7) is 6.25. The second-order valence-corrected chi connectivity index (χ2v) is 13.8. The number of rotatable bonds is 4. The van der Waals surface area contributed by atoms with E-state index in [0.29, 0.717) is 11.7 Å². The van der Waals surface area contributed by atoms with Crippen LogP contribution in [0.25, 0.3) is 100 Å². The van der Waals surface area contributed by atoms with Crippen LogP contribution in [0.15, 0.2) is 164 Å². The molecule has 0 spiro atoms. The Kier molecular flexibility index (Phi) is 6.55. The van der Waals surface area contributed by atoms with E-state index >= 15 is 0 Å². The van der Waals surface area contributed by atoms with Crippen molar-refractivity contribution in [3.63, 3.8) is 0 Å². The average molecular weight is 693 g/mol. The number of benzene rings is 7. The third-order valence-electron chi connectivity index (χ3n) is 10.8. The summed E-state index contributed by atoms with van der Waals surface area (Å²) in [7, 11) is 0. The van der Waals surface area contributed by atoms with Gasteiger partial charge in [0.2, 0.25) is 5.95 Å². The molecule has 0 N–H and O–H groups in total. The van der Waals surface area contributed by atoms with Gasteiger partial charge in [0.05, 0.1) is 39.0 Å². The number of fused-ring (bicyclic) bond motifs is 11. The molecule has 1 aliphatic heterocycles. The largest absolute Gasteiger partial charge is 0.456 e. The van der Waals surface area contributed by atoms with Crippen molar-refractivity contribution in [2.75, 3.05) is 0 Å². The highest BCUT2D eigenvalue weighted by Crippen LogP contribution is 2.44. The molecule has 254 valence electrons. The van der Waals surface area contributed by atoms with E-state index in [1.807, 2.05) is 43.3 Å². The number of aromatic nitrogens is 4. The minimum absolute atomic E-state index is 0.548. The summed E-state index contributed by atoms with van der Waals surface area (Å²) in [6, 6.07) is 54.0. The van der Waals surface area contributed by atoms with Crippen molar-refractivity contribution in [2.24, 2.45) is 0 Å². The van der Waals surface area contributed by atoms with E-state index in [0.717, 1.165) is 66.9 Å². The zero-order valence-electron chi connectivity index (χ0n) is 29.5. The molecule has 1 aliphatic rings. The minimum Gasteiger partial charge on any atom is -0.456 e. The maximum atomic E-state index is 6.15. The monoisotopic (exact) mass is 692 g/mol. The first-order chi connectivity index (χ1) is 26.7. The molecule has 7 aromatic carbocycles. The van der Waals surface area contributed by atoms with Gasteiger partial charge in [-0.1, -0.05) is 104 Å². The Hall–Kier alpha value is -7.24. The summed E-state index contributed by atoms with van der Waals surface area (Å²) in [5.74, 6) is 1.90. The standard InChI is InChI=1S/C49H32N4O/c1-3-13-40-46-30(2)54-45-21-12-10-19-37(45)48(46)51-49(50-40)53-41-20-11-9-18-36(41)38-28-32(23-25-42(38)53)33-24-26-43-39(29-33)47-35-17-8-7-14-31(35)22-27-44(47)52(43)34-15-5-4-6-16-34/h3-29H,2H2,1H3/b13-3-.